The predicted octanol–water partition coefficient (Wildman–Crippen LogP) is 2.84. The van der Waals surface area contributed by atoms with Crippen LogP contribution in [0.15, 0.2) is 6.20 Å². The average Bonchev–Trinajstić information content (AvgIpc) is 3.09. The highest BCUT2D eigenvalue weighted by Gasteiger charge is 2.42. The van der Waals surface area contributed by atoms with Gasteiger partial charge in [0.1, 0.15) is 5.02 Å². The van der Waals surface area contributed by atoms with Gasteiger partial charge >= 0.3 is 6.01 Å². The quantitative estimate of drug-likeness (QED) is 0.864. The number of hydrogen-bond acceptors (Lipinski definition) is 5. The largest absolute Gasteiger partial charge is 0.467 e. The topological polar surface area (TPSA) is 47.0 Å². The number of rotatable bonds is 6. The van der Waals surface area contributed by atoms with E-state index in [-0.39, 0.29) is 0 Å². The van der Waals surface area contributed by atoms with Gasteiger partial charge in [-0.2, -0.15) is 16.7 Å². The molecular formula is C11H16ClN3OS. The summed E-state index contributed by atoms with van der Waals surface area (Å²) in [6.07, 6.45) is 4.08. The fraction of sp³-hybridized carbons (Fsp3) is 0.636. The van der Waals surface area contributed by atoms with Gasteiger partial charge in [-0.1, -0.05) is 18.5 Å². The van der Waals surface area contributed by atoms with Crippen LogP contribution in [0.4, 0.5) is 5.82 Å². The molecule has 94 valence electrons. The Morgan fingerprint density at radius 3 is 2.94 bits per heavy atom. The standard InChI is InChI=1S/C11H16ClN3OS/c1-3-17-11(4-5-11)7-14-9-8(12)6-13-10(15-9)16-2/h6H,3-5,7H2,1-2H3,(H,13,14,15). The minimum absolute atomic E-state index is 0.338. The number of ether oxygens (including phenoxy) is 1. The highest BCUT2D eigenvalue weighted by Crippen LogP contribution is 2.48. The maximum Gasteiger partial charge on any atom is 0.318 e. The lowest BCUT2D eigenvalue weighted by Crippen LogP contribution is -2.19. The van der Waals surface area contributed by atoms with Gasteiger partial charge in [-0.05, 0) is 18.6 Å². The number of nitrogens with one attached hydrogen (secondary N) is 1. The van der Waals surface area contributed by atoms with Gasteiger partial charge in [0.05, 0.1) is 13.3 Å². The molecule has 1 N–H and O–H groups in total. The Balaban J connectivity index is 1.98. The molecule has 0 unspecified atom stereocenters. The van der Waals surface area contributed by atoms with Crippen molar-refractivity contribution in [2.45, 2.75) is 24.5 Å². The number of hydrogen-bond donors (Lipinski definition) is 1. The first-order chi connectivity index (χ1) is 8.19. The first kappa shape index (κ1) is 12.8. The molecule has 1 aliphatic rings. The molecule has 6 heteroatoms. The first-order valence-corrected chi connectivity index (χ1v) is 7.00. The van der Waals surface area contributed by atoms with E-state index in [0.717, 1.165) is 12.3 Å². The summed E-state index contributed by atoms with van der Waals surface area (Å²) in [6.45, 7) is 3.08. The Kier molecular flexibility index (Phi) is 3.99. The molecule has 0 bridgehead atoms. The van der Waals surface area contributed by atoms with Crippen LogP contribution in [0.25, 0.3) is 0 Å². The van der Waals surface area contributed by atoms with Crippen LogP contribution in [-0.4, -0.2) is 34.1 Å². The molecule has 0 aromatic carbocycles. The summed E-state index contributed by atoms with van der Waals surface area (Å²) >= 11 is 8.03. The molecule has 1 fully saturated rings. The second kappa shape index (κ2) is 5.31. The molecule has 1 aromatic heterocycles. The fourth-order valence-corrected chi connectivity index (χ4v) is 2.97. The van der Waals surface area contributed by atoms with Crippen molar-refractivity contribution in [2.75, 3.05) is 24.7 Å². The van der Waals surface area contributed by atoms with Gasteiger partial charge < -0.3 is 10.1 Å². The molecule has 2 rings (SSSR count). The summed E-state index contributed by atoms with van der Waals surface area (Å²) in [5.41, 5.74) is 0. The van der Waals surface area contributed by atoms with Gasteiger partial charge in [0, 0.05) is 11.3 Å². The lowest BCUT2D eigenvalue weighted by molar-refractivity contribution is 0.380. The van der Waals surface area contributed by atoms with Crippen molar-refractivity contribution in [3.8, 4) is 6.01 Å². The fourth-order valence-electron chi connectivity index (χ4n) is 1.64. The van der Waals surface area contributed by atoms with Crippen molar-refractivity contribution in [2.24, 2.45) is 0 Å². The molecule has 1 aromatic rings. The number of methoxy groups -OCH3 is 1. The van der Waals surface area contributed by atoms with Gasteiger partial charge in [0.25, 0.3) is 0 Å². The van der Waals surface area contributed by atoms with Gasteiger partial charge in [0.15, 0.2) is 5.82 Å². The maximum atomic E-state index is 6.03. The third-order valence-electron chi connectivity index (χ3n) is 2.74. The van der Waals surface area contributed by atoms with Crippen LogP contribution in [0.2, 0.25) is 5.02 Å². The van der Waals surface area contributed by atoms with Crippen molar-refractivity contribution < 1.29 is 4.74 Å². The van der Waals surface area contributed by atoms with E-state index >= 15 is 0 Å². The molecule has 0 spiro atoms. The molecule has 4 nitrogen and oxygen atoms in total. The molecule has 0 saturated heterocycles. The average molecular weight is 274 g/mol. The predicted molar refractivity (Wildman–Crippen MR) is 72.2 cm³/mol. The summed E-state index contributed by atoms with van der Waals surface area (Å²) in [4.78, 5) is 8.14. The third kappa shape index (κ3) is 3.16. The second-order valence-corrected chi connectivity index (χ2v) is 6.16. The zero-order chi connectivity index (χ0) is 12.3. The van der Waals surface area contributed by atoms with Crippen LogP contribution < -0.4 is 10.1 Å². The van der Waals surface area contributed by atoms with Crippen molar-refractivity contribution >= 4 is 29.2 Å². The highest BCUT2D eigenvalue weighted by atomic mass is 35.5. The van der Waals surface area contributed by atoms with Gasteiger partial charge in [-0.25, -0.2) is 4.98 Å². The first-order valence-electron chi connectivity index (χ1n) is 5.63. The van der Waals surface area contributed by atoms with Crippen LogP contribution in [0.1, 0.15) is 19.8 Å². The smallest absolute Gasteiger partial charge is 0.318 e. The van der Waals surface area contributed by atoms with E-state index in [2.05, 4.69) is 22.2 Å². The molecule has 17 heavy (non-hydrogen) atoms. The van der Waals surface area contributed by atoms with E-state index in [0.29, 0.717) is 21.6 Å². The molecule has 0 aliphatic heterocycles. The number of anilines is 1. The van der Waals surface area contributed by atoms with E-state index in [9.17, 15) is 0 Å². The van der Waals surface area contributed by atoms with Crippen molar-refractivity contribution in [1.82, 2.24) is 9.97 Å². The number of halogens is 1. The SMILES string of the molecule is CCSC1(CNc2nc(OC)ncc2Cl)CC1. The molecule has 0 atom stereocenters. The number of aromatic nitrogens is 2. The van der Waals surface area contributed by atoms with E-state index < -0.39 is 0 Å². The van der Waals surface area contributed by atoms with Crippen LogP contribution in [0.3, 0.4) is 0 Å². The molecular weight excluding hydrogens is 258 g/mol. The van der Waals surface area contributed by atoms with Gasteiger partial charge in [0.2, 0.25) is 0 Å². The molecule has 1 heterocycles. The summed E-state index contributed by atoms with van der Waals surface area (Å²) in [6, 6.07) is 0.338. The van der Waals surface area contributed by atoms with Crippen LogP contribution in [0.5, 0.6) is 6.01 Å². The molecule has 0 amide bonds. The second-order valence-electron chi connectivity index (χ2n) is 4.02. The Hall–Kier alpha value is -0.680. The molecule has 1 aliphatic carbocycles. The Labute approximate surface area is 111 Å². The lowest BCUT2D eigenvalue weighted by atomic mass is 10.4. The summed E-state index contributed by atoms with van der Waals surface area (Å²) in [5.74, 6) is 1.80. The van der Waals surface area contributed by atoms with Crippen LogP contribution in [-0.2, 0) is 0 Å². The van der Waals surface area contributed by atoms with Crippen molar-refractivity contribution in [3.05, 3.63) is 11.2 Å². The zero-order valence-corrected chi connectivity index (χ0v) is 11.6. The molecule has 1 saturated carbocycles. The van der Waals surface area contributed by atoms with E-state index in [1.807, 2.05) is 11.8 Å². The van der Waals surface area contributed by atoms with Gasteiger partial charge in [-0.3, -0.25) is 0 Å². The van der Waals surface area contributed by atoms with Crippen molar-refractivity contribution in [1.29, 1.82) is 0 Å². The summed E-state index contributed by atoms with van der Waals surface area (Å²) in [7, 11) is 1.54. The van der Waals surface area contributed by atoms with E-state index in [1.54, 1.807) is 13.3 Å². The minimum Gasteiger partial charge on any atom is -0.467 e. The van der Waals surface area contributed by atoms with E-state index in [1.165, 1.54) is 12.8 Å². The van der Waals surface area contributed by atoms with Crippen LogP contribution >= 0.6 is 23.4 Å². The summed E-state index contributed by atoms with van der Waals surface area (Å²) < 4.78 is 5.36. The molecule has 0 radical (unpaired) electrons. The van der Waals surface area contributed by atoms with Gasteiger partial charge in [-0.15, -0.1) is 0 Å². The Morgan fingerprint density at radius 1 is 1.59 bits per heavy atom. The monoisotopic (exact) mass is 273 g/mol. The zero-order valence-electron chi connectivity index (χ0n) is 9.99. The normalized spacial score (nSPS) is 16.6. The Morgan fingerprint density at radius 2 is 2.35 bits per heavy atom. The lowest BCUT2D eigenvalue weighted by Gasteiger charge is -2.15. The van der Waals surface area contributed by atoms with E-state index in [4.69, 9.17) is 16.3 Å². The number of nitrogens with zero attached hydrogens (tertiary/aromatic N) is 2. The Bertz CT molecular complexity index is 398. The third-order valence-corrected chi connectivity index (χ3v) is 4.47. The minimum atomic E-state index is 0.338. The summed E-state index contributed by atoms with van der Waals surface area (Å²) in [5, 5.41) is 3.82. The van der Waals surface area contributed by atoms with Crippen LogP contribution in [0, 0.1) is 0 Å². The van der Waals surface area contributed by atoms with Crippen molar-refractivity contribution in [3.63, 3.8) is 0 Å². The highest BCUT2D eigenvalue weighted by molar-refractivity contribution is 8.00. The number of thioether (sulfide) groups is 1. The maximum absolute atomic E-state index is 6.03.